The van der Waals surface area contributed by atoms with E-state index in [1.807, 2.05) is 13.8 Å². The maximum absolute atomic E-state index is 5.56. The van der Waals surface area contributed by atoms with Crippen LogP contribution in [-0.4, -0.2) is 15.0 Å². The van der Waals surface area contributed by atoms with E-state index in [0.29, 0.717) is 12.4 Å². The molecule has 0 saturated carbocycles. The van der Waals surface area contributed by atoms with Crippen molar-refractivity contribution < 1.29 is 4.42 Å². The first-order chi connectivity index (χ1) is 9.67. The Labute approximate surface area is 121 Å². The Kier molecular flexibility index (Phi) is 3.40. The van der Waals surface area contributed by atoms with E-state index in [0.717, 1.165) is 33.9 Å². The molecule has 0 unspecified atom stereocenters. The third-order valence-corrected chi connectivity index (χ3v) is 4.40. The Balaban J connectivity index is 1.85. The van der Waals surface area contributed by atoms with Crippen molar-refractivity contribution in [3.05, 3.63) is 34.6 Å². The topological polar surface area (TPSA) is 63.8 Å². The van der Waals surface area contributed by atoms with Crippen molar-refractivity contribution in [1.82, 2.24) is 15.0 Å². The molecule has 0 bridgehead atoms. The summed E-state index contributed by atoms with van der Waals surface area (Å²) in [7, 11) is 0. The van der Waals surface area contributed by atoms with Gasteiger partial charge in [0.25, 0.3) is 0 Å². The van der Waals surface area contributed by atoms with Gasteiger partial charge in [0.2, 0.25) is 5.89 Å². The van der Waals surface area contributed by atoms with Gasteiger partial charge < -0.3 is 9.73 Å². The molecule has 3 rings (SSSR count). The molecule has 0 amide bonds. The second-order valence-corrected chi connectivity index (χ2v) is 5.73. The number of hydrogen-bond acceptors (Lipinski definition) is 6. The number of nitrogens with zero attached hydrogens (tertiary/aromatic N) is 3. The van der Waals surface area contributed by atoms with Gasteiger partial charge >= 0.3 is 0 Å². The average Bonchev–Trinajstić information content (AvgIpc) is 3.00. The Morgan fingerprint density at radius 2 is 2.15 bits per heavy atom. The van der Waals surface area contributed by atoms with Crippen LogP contribution in [0.2, 0.25) is 0 Å². The van der Waals surface area contributed by atoms with Crippen LogP contribution in [0.3, 0.4) is 0 Å². The molecule has 0 spiro atoms. The third kappa shape index (κ3) is 2.38. The molecule has 3 heterocycles. The van der Waals surface area contributed by atoms with E-state index in [-0.39, 0.29) is 0 Å². The van der Waals surface area contributed by atoms with E-state index in [1.54, 1.807) is 17.7 Å². The predicted molar refractivity (Wildman–Crippen MR) is 80.1 cm³/mol. The molecular formula is C14H16N4OS. The van der Waals surface area contributed by atoms with E-state index in [1.165, 1.54) is 4.88 Å². The summed E-state index contributed by atoms with van der Waals surface area (Å²) < 4.78 is 5.56. The minimum absolute atomic E-state index is 0.526. The molecular weight excluding hydrogens is 272 g/mol. The van der Waals surface area contributed by atoms with E-state index in [9.17, 15) is 0 Å². The van der Waals surface area contributed by atoms with Crippen LogP contribution in [0, 0.1) is 13.8 Å². The molecule has 3 aromatic heterocycles. The average molecular weight is 288 g/mol. The van der Waals surface area contributed by atoms with Crippen molar-refractivity contribution >= 4 is 27.4 Å². The van der Waals surface area contributed by atoms with Crippen LogP contribution < -0.4 is 5.32 Å². The molecule has 0 radical (unpaired) electrons. The van der Waals surface area contributed by atoms with Crippen molar-refractivity contribution in [3.8, 4) is 0 Å². The first kappa shape index (κ1) is 13.1. The molecule has 5 nitrogen and oxygen atoms in total. The van der Waals surface area contributed by atoms with E-state index in [4.69, 9.17) is 4.42 Å². The summed E-state index contributed by atoms with van der Waals surface area (Å²) in [6.45, 7) is 6.53. The summed E-state index contributed by atoms with van der Waals surface area (Å²) >= 11 is 1.71. The number of nitrogens with one attached hydrogen (secondary N) is 1. The van der Waals surface area contributed by atoms with E-state index >= 15 is 0 Å². The molecule has 0 saturated heterocycles. The lowest BCUT2D eigenvalue weighted by molar-refractivity contribution is 0.478. The van der Waals surface area contributed by atoms with Gasteiger partial charge in [0.1, 0.15) is 22.7 Å². The largest absolute Gasteiger partial charge is 0.444 e. The lowest BCUT2D eigenvalue weighted by Gasteiger charge is -2.03. The maximum atomic E-state index is 5.56. The van der Waals surface area contributed by atoms with Crippen LogP contribution in [-0.2, 0) is 13.0 Å². The molecule has 6 heteroatoms. The van der Waals surface area contributed by atoms with Crippen molar-refractivity contribution in [2.45, 2.75) is 33.7 Å². The van der Waals surface area contributed by atoms with Crippen LogP contribution in [0.15, 0.2) is 16.8 Å². The normalized spacial score (nSPS) is 11.2. The van der Waals surface area contributed by atoms with Crippen molar-refractivity contribution in [1.29, 1.82) is 0 Å². The van der Waals surface area contributed by atoms with Gasteiger partial charge in [-0.1, -0.05) is 6.92 Å². The smallest absolute Gasteiger partial charge is 0.213 e. The van der Waals surface area contributed by atoms with Gasteiger partial charge in [-0.2, -0.15) is 0 Å². The van der Waals surface area contributed by atoms with Crippen LogP contribution in [0.25, 0.3) is 10.2 Å². The predicted octanol–water partition coefficient (Wildman–Crippen LogP) is 3.47. The van der Waals surface area contributed by atoms with Crippen LogP contribution in [0.4, 0.5) is 5.82 Å². The fourth-order valence-electron chi connectivity index (χ4n) is 1.99. The van der Waals surface area contributed by atoms with Crippen LogP contribution in [0.1, 0.15) is 29.1 Å². The first-order valence-electron chi connectivity index (χ1n) is 6.57. The van der Waals surface area contributed by atoms with Gasteiger partial charge in [-0.15, -0.1) is 11.3 Å². The number of rotatable bonds is 4. The molecule has 0 aliphatic rings. The van der Waals surface area contributed by atoms with Gasteiger partial charge in [-0.25, -0.2) is 15.0 Å². The lowest BCUT2D eigenvalue weighted by atomic mass is 10.3. The number of thiophene rings is 1. The monoisotopic (exact) mass is 288 g/mol. The zero-order valence-corrected chi connectivity index (χ0v) is 12.5. The minimum Gasteiger partial charge on any atom is -0.444 e. The SMILES string of the molecule is CCc1cc2c(NCc3nc(C)c(C)o3)ncnc2s1. The van der Waals surface area contributed by atoms with Crippen molar-refractivity contribution in [2.75, 3.05) is 5.32 Å². The number of oxazole rings is 1. The van der Waals surface area contributed by atoms with Gasteiger partial charge in [0, 0.05) is 4.88 Å². The first-order valence-corrected chi connectivity index (χ1v) is 7.39. The van der Waals surface area contributed by atoms with Crippen LogP contribution in [0.5, 0.6) is 0 Å². The quantitative estimate of drug-likeness (QED) is 0.796. The zero-order chi connectivity index (χ0) is 14.1. The highest BCUT2D eigenvalue weighted by atomic mass is 32.1. The molecule has 1 N–H and O–H groups in total. The fourth-order valence-corrected chi connectivity index (χ4v) is 2.93. The molecule has 0 aromatic carbocycles. The summed E-state index contributed by atoms with van der Waals surface area (Å²) in [6.07, 6.45) is 2.60. The summed E-state index contributed by atoms with van der Waals surface area (Å²) in [5.41, 5.74) is 0.929. The van der Waals surface area contributed by atoms with Gasteiger partial charge in [-0.3, -0.25) is 0 Å². The molecule has 0 aliphatic carbocycles. The Morgan fingerprint density at radius 3 is 2.85 bits per heavy atom. The van der Waals surface area contributed by atoms with E-state index in [2.05, 4.69) is 33.3 Å². The summed E-state index contributed by atoms with van der Waals surface area (Å²) in [5.74, 6) is 2.37. The molecule has 104 valence electrons. The van der Waals surface area contributed by atoms with E-state index < -0.39 is 0 Å². The molecule has 3 aromatic rings. The van der Waals surface area contributed by atoms with Gasteiger partial charge in [0.05, 0.1) is 17.6 Å². The highest BCUT2D eigenvalue weighted by Crippen LogP contribution is 2.28. The lowest BCUT2D eigenvalue weighted by Crippen LogP contribution is -2.02. The molecule has 0 aliphatic heterocycles. The summed E-state index contributed by atoms with van der Waals surface area (Å²) in [4.78, 5) is 15.3. The standard InChI is InChI=1S/C14H16N4OS/c1-4-10-5-11-13(16-7-17-14(11)20-10)15-6-12-18-8(2)9(3)19-12/h5,7H,4,6H2,1-3H3,(H,15,16,17). The second kappa shape index (κ2) is 5.20. The summed E-state index contributed by atoms with van der Waals surface area (Å²) in [5, 5.41) is 4.35. The molecule has 0 atom stereocenters. The van der Waals surface area contributed by atoms with Crippen molar-refractivity contribution in [3.63, 3.8) is 0 Å². The maximum Gasteiger partial charge on any atom is 0.213 e. The minimum atomic E-state index is 0.526. The third-order valence-electron chi connectivity index (χ3n) is 3.21. The van der Waals surface area contributed by atoms with Crippen molar-refractivity contribution in [2.24, 2.45) is 0 Å². The number of hydrogen-bond donors (Lipinski definition) is 1. The van der Waals surface area contributed by atoms with Crippen LogP contribution >= 0.6 is 11.3 Å². The number of aryl methyl sites for hydroxylation is 3. The Hall–Kier alpha value is -1.95. The van der Waals surface area contributed by atoms with Gasteiger partial charge in [-0.05, 0) is 26.3 Å². The number of aromatic nitrogens is 3. The summed E-state index contributed by atoms with van der Waals surface area (Å²) in [6, 6.07) is 2.15. The Bertz CT molecular complexity index is 727. The fraction of sp³-hybridized carbons (Fsp3) is 0.357. The second-order valence-electron chi connectivity index (χ2n) is 4.61. The number of anilines is 1. The Morgan fingerprint density at radius 1 is 1.30 bits per heavy atom. The molecule has 20 heavy (non-hydrogen) atoms. The highest BCUT2D eigenvalue weighted by Gasteiger charge is 2.10. The zero-order valence-electron chi connectivity index (χ0n) is 11.7. The highest BCUT2D eigenvalue weighted by molar-refractivity contribution is 7.18. The van der Waals surface area contributed by atoms with Gasteiger partial charge in [0.15, 0.2) is 0 Å². The number of fused-ring (bicyclic) bond motifs is 1. The molecule has 0 fully saturated rings.